The molecule has 7 heteroatoms. The van der Waals surface area contributed by atoms with Gasteiger partial charge >= 0.3 is 0 Å². The summed E-state index contributed by atoms with van der Waals surface area (Å²) >= 11 is 1.31. The number of ether oxygens (including phenoxy) is 1. The fourth-order valence-corrected chi connectivity index (χ4v) is 4.72. The Bertz CT molecular complexity index is 911. The number of carbonyl (C=O) groups excluding carboxylic acids is 2. The Hall–Kier alpha value is -2.54. The first-order valence-corrected chi connectivity index (χ1v) is 11.3. The second-order valence-electron chi connectivity index (χ2n) is 7.61. The summed E-state index contributed by atoms with van der Waals surface area (Å²) in [5.74, 6) is 0.551. The Labute approximate surface area is 182 Å². The predicted octanol–water partition coefficient (Wildman–Crippen LogP) is 4.50. The molecule has 1 aromatic heterocycles. The molecule has 0 aliphatic heterocycles. The van der Waals surface area contributed by atoms with Crippen molar-refractivity contribution in [2.75, 3.05) is 18.2 Å². The second kappa shape index (κ2) is 10.5. The molecular weight excluding hydrogens is 398 g/mol. The molecule has 1 heterocycles. The lowest BCUT2D eigenvalue weighted by Gasteiger charge is -2.22. The molecule has 3 rings (SSSR count). The number of hydrogen-bond donors (Lipinski definition) is 2. The van der Waals surface area contributed by atoms with Crippen LogP contribution >= 0.6 is 11.8 Å². The quantitative estimate of drug-likeness (QED) is 0.636. The lowest BCUT2D eigenvalue weighted by molar-refractivity contribution is -0.119. The number of methoxy groups -OCH3 is 1. The highest BCUT2D eigenvalue weighted by molar-refractivity contribution is 8.00. The number of para-hydroxylation sites is 2. The van der Waals surface area contributed by atoms with Gasteiger partial charge in [0.25, 0.3) is 5.91 Å². The average Bonchev–Trinajstić information content (AvgIpc) is 2.73. The number of aromatic nitrogens is 1. The van der Waals surface area contributed by atoms with Crippen molar-refractivity contribution in [1.29, 1.82) is 0 Å². The molecule has 1 aliphatic rings. The highest BCUT2D eigenvalue weighted by atomic mass is 32.2. The van der Waals surface area contributed by atoms with Crippen LogP contribution in [-0.4, -0.2) is 35.7 Å². The topological polar surface area (TPSA) is 80.3 Å². The molecule has 1 fully saturated rings. The summed E-state index contributed by atoms with van der Waals surface area (Å²) in [5, 5.41) is 6.60. The standard InChI is InChI=1S/C23H29N3O3S/c1-15-13-16(2)24-23(30-14-20(27)25-17-9-5-4-6-10-17)21(15)22(28)26-18-11-7-8-12-19(18)29-3/h7-8,11-13,17H,4-6,9-10,14H2,1-3H3,(H,25,27)(H,26,28). The largest absolute Gasteiger partial charge is 0.495 e. The molecule has 0 spiro atoms. The molecule has 6 nitrogen and oxygen atoms in total. The normalized spacial score (nSPS) is 14.2. The SMILES string of the molecule is COc1ccccc1NC(=O)c1c(C)cc(C)nc1SCC(=O)NC1CCCCC1. The van der Waals surface area contributed by atoms with Gasteiger partial charge in [0.2, 0.25) is 5.91 Å². The molecule has 0 bridgehead atoms. The summed E-state index contributed by atoms with van der Waals surface area (Å²) in [6.07, 6.45) is 5.68. The number of thioether (sulfide) groups is 1. The maximum absolute atomic E-state index is 13.1. The van der Waals surface area contributed by atoms with Gasteiger partial charge in [-0.05, 0) is 50.5 Å². The number of carbonyl (C=O) groups is 2. The maximum atomic E-state index is 13.1. The summed E-state index contributed by atoms with van der Waals surface area (Å²) < 4.78 is 5.32. The molecule has 0 radical (unpaired) electrons. The number of hydrogen-bond acceptors (Lipinski definition) is 5. The van der Waals surface area contributed by atoms with Gasteiger partial charge < -0.3 is 15.4 Å². The smallest absolute Gasteiger partial charge is 0.258 e. The maximum Gasteiger partial charge on any atom is 0.258 e. The molecule has 0 saturated heterocycles. The highest BCUT2D eigenvalue weighted by Crippen LogP contribution is 2.28. The van der Waals surface area contributed by atoms with E-state index in [4.69, 9.17) is 4.74 Å². The third-order valence-electron chi connectivity index (χ3n) is 5.20. The molecule has 30 heavy (non-hydrogen) atoms. The molecule has 1 aliphatic carbocycles. The number of benzene rings is 1. The molecule has 2 N–H and O–H groups in total. The van der Waals surface area contributed by atoms with Crippen molar-refractivity contribution in [2.45, 2.75) is 57.0 Å². The molecule has 160 valence electrons. The van der Waals surface area contributed by atoms with Gasteiger partial charge in [0.1, 0.15) is 10.8 Å². The van der Waals surface area contributed by atoms with Crippen LogP contribution in [0.3, 0.4) is 0 Å². The van der Waals surface area contributed by atoms with E-state index in [-0.39, 0.29) is 23.6 Å². The molecule has 2 aromatic rings. The third kappa shape index (κ3) is 5.75. The van der Waals surface area contributed by atoms with Crippen LogP contribution in [0.2, 0.25) is 0 Å². The average molecular weight is 428 g/mol. The number of aryl methyl sites for hydroxylation is 2. The van der Waals surface area contributed by atoms with Gasteiger partial charge in [-0.3, -0.25) is 9.59 Å². The van der Waals surface area contributed by atoms with E-state index in [0.717, 1.165) is 24.1 Å². The number of rotatable bonds is 7. The summed E-state index contributed by atoms with van der Waals surface area (Å²) in [4.78, 5) is 30.1. The zero-order valence-corrected chi connectivity index (χ0v) is 18.6. The molecule has 2 amide bonds. The van der Waals surface area contributed by atoms with E-state index in [1.54, 1.807) is 19.2 Å². The number of nitrogens with one attached hydrogen (secondary N) is 2. The van der Waals surface area contributed by atoms with E-state index in [1.807, 2.05) is 32.0 Å². The van der Waals surface area contributed by atoms with Crippen LogP contribution in [0.15, 0.2) is 35.4 Å². The summed E-state index contributed by atoms with van der Waals surface area (Å²) in [5.41, 5.74) is 2.72. The Morgan fingerprint density at radius 3 is 2.63 bits per heavy atom. The van der Waals surface area contributed by atoms with Crippen molar-refractivity contribution >= 4 is 29.3 Å². The molecular formula is C23H29N3O3S. The van der Waals surface area contributed by atoms with Crippen LogP contribution in [0, 0.1) is 13.8 Å². The van der Waals surface area contributed by atoms with Crippen LogP contribution in [0.1, 0.15) is 53.7 Å². The Balaban J connectivity index is 1.73. The number of pyridine rings is 1. The van der Waals surface area contributed by atoms with Crippen LogP contribution in [0.25, 0.3) is 0 Å². The first kappa shape index (κ1) is 22.2. The van der Waals surface area contributed by atoms with E-state index >= 15 is 0 Å². The van der Waals surface area contributed by atoms with Gasteiger partial charge in [0, 0.05) is 11.7 Å². The van der Waals surface area contributed by atoms with Crippen molar-refractivity contribution in [3.63, 3.8) is 0 Å². The number of anilines is 1. The van der Waals surface area contributed by atoms with E-state index in [0.29, 0.717) is 22.0 Å². The zero-order chi connectivity index (χ0) is 21.5. The van der Waals surface area contributed by atoms with Gasteiger partial charge in [-0.1, -0.05) is 43.2 Å². The van der Waals surface area contributed by atoms with Gasteiger partial charge in [-0.15, -0.1) is 0 Å². The molecule has 0 unspecified atom stereocenters. The molecule has 1 aromatic carbocycles. The Morgan fingerprint density at radius 1 is 1.17 bits per heavy atom. The van der Waals surface area contributed by atoms with Gasteiger partial charge in [-0.25, -0.2) is 4.98 Å². The first-order valence-electron chi connectivity index (χ1n) is 10.3. The van der Waals surface area contributed by atoms with Gasteiger partial charge in [0.05, 0.1) is 24.1 Å². The Morgan fingerprint density at radius 2 is 1.90 bits per heavy atom. The van der Waals surface area contributed by atoms with Gasteiger partial charge in [0.15, 0.2) is 0 Å². The number of nitrogens with zero attached hydrogens (tertiary/aromatic N) is 1. The van der Waals surface area contributed by atoms with Gasteiger partial charge in [-0.2, -0.15) is 0 Å². The minimum absolute atomic E-state index is 0.0102. The number of amides is 2. The second-order valence-corrected chi connectivity index (χ2v) is 8.57. The van der Waals surface area contributed by atoms with Crippen molar-refractivity contribution in [3.05, 3.63) is 47.2 Å². The lowest BCUT2D eigenvalue weighted by Crippen LogP contribution is -2.37. The summed E-state index contributed by atoms with van der Waals surface area (Å²) in [6, 6.07) is 9.42. The van der Waals surface area contributed by atoms with Crippen molar-refractivity contribution < 1.29 is 14.3 Å². The third-order valence-corrected chi connectivity index (χ3v) is 6.18. The van der Waals surface area contributed by atoms with Crippen LogP contribution in [0.4, 0.5) is 5.69 Å². The molecule has 0 atom stereocenters. The fraction of sp³-hybridized carbons (Fsp3) is 0.435. The first-order chi connectivity index (χ1) is 14.5. The van der Waals surface area contributed by atoms with E-state index in [2.05, 4.69) is 15.6 Å². The summed E-state index contributed by atoms with van der Waals surface area (Å²) in [6.45, 7) is 3.78. The summed E-state index contributed by atoms with van der Waals surface area (Å²) in [7, 11) is 1.57. The Kier molecular flexibility index (Phi) is 7.74. The van der Waals surface area contributed by atoms with Crippen LogP contribution < -0.4 is 15.4 Å². The predicted molar refractivity (Wildman–Crippen MR) is 120 cm³/mol. The van der Waals surface area contributed by atoms with E-state index in [9.17, 15) is 9.59 Å². The van der Waals surface area contributed by atoms with E-state index in [1.165, 1.54) is 31.0 Å². The van der Waals surface area contributed by atoms with Crippen molar-refractivity contribution in [3.8, 4) is 5.75 Å². The highest BCUT2D eigenvalue weighted by Gasteiger charge is 2.21. The zero-order valence-electron chi connectivity index (χ0n) is 17.8. The van der Waals surface area contributed by atoms with Crippen molar-refractivity contribution in [1.82, 2.24) is 10.3 Å². The lowest BCUT2D eigenvalue weighted by atomic mass is 9.95. The minimum atomic E-state index is -0.264. The minimum Gasteiger partial charge on any atom is -0.495 e. The van der Waals surface area contributed by atoms with Crippen LogP contribution in [0.5, 0.6) is 5.75 Å². The van der Waals surface area contributed by atoms with E-state index < -0.39 is 0 Å². The molecule has 1 saturated carbocycles. The monoisotopic (exact) mass is 427 g/mol. The van der Waals surface area contributed by atoms with Crippen LogP contribution in [-0.2, 0) is 4.79 Å². The van der Waals surface area contributed by atoms with Crippen molar-refractivity contribution in [2.24, 2.45) is 0 Å². The fourth-order valence-electron chi connectivity index (χ4n) is 3.77.